The van der Waals surface area contributed by atoms with Gasteiger partial charge < -0.3 is 35.3 Å². The van der Waals surface area contributed by atoms with Crippen molar-refractivity contribution in [2.75, 3.05) is 45.2 Å². The Labute approximate surface area is 249 Å². The van der Waals surface area contributed by atoms with Gasteiger partial charge in [0.2, 0.25) is 5.90 Å². The number of fused-ring (bicyclic) bond motifs is 1. The Morgan fingerprint density at radius 2 is 2.12 bits per heavy atom. The van der Waals surface area contributed by atoms with Crippen molar-refractivity contribution in [2.24, 2.45) is 4.99 Å². The number of piperidine rings is 1. The molecule has 2 atom stereocenters. The molecular weight excluding hydrogens is 588 g/mol. The van der Waals surface area contributed by atoms with Crippen LogP contribution >= 0.6 is 11.3 Å². The molecular formula is C29H32F4N6O3S. The van der Waals surface area contributed by atoms with Crippen LogP contribution in [0.25, 0.3) is 16.6 Å². The summed E-state index contributed by atoms with van der Waals surface area (Å²) in [6.45, 7) is 0.577. The molecule has 3 aromatic rings. The van der Waals surface area contributed by atoms with Gasteiger partial charge in [0, 0.05) is 47.5 Å². The van der Waals surface area contributed by atoms with E-state index in [1.807, 2.05) is 11.9 Å². The smallest absolute Gasteiger partial charge is 0.406 e. The lowest BCUT2D eigenvalue weighted by Gasteiger charge is -2.33. The minimum atomic E-state index is -4.52. The number of alkyl halides is 4. The number of carbonyl (C=O) groups is 1. The van der Waals surface area contributed by atoms with Gasteiger partial charge in [0.15, 0.2) is 0 Å². The predicted molar refractivity (Wildman–Crippen MR) is 158 cm³/mol. The molecule has 0 saturated carbocycles. The van der Waals surface area contributed by atoms with E-state index in [9.17, 15) is 22.4 Å². The highest BCUT2D eigenvalue weighted by atomic mass is 32.1. The molecule has 230 valence electrons. The normalized spacial score (nSPS) is 19.2. The number of aromatic nitrogens is 1. The maximum absolute atomic E-state index is 14.8. The number of nitrogens with zero attached hydrogens (tertiary/aromatic N) is 3. The second-order valence-corrected chi connectivity index (χ2v) is 11.4. The Morgan fingerprint density at radius 1 is 1.28 bits per heavy atom. The lowest BCUT2D eigenvalue weighted by atomic mass is 10.0. The highest BCUT2D eigenvalue weighted by molar-refractivity contribution is 7.10. The van der Waals surface area contributed by atoms with E-state index < -0.39 is 24.9 Å². The summed E-state index contributed by atoms with van der Waals surface area (Å²) in [4.78, 5) is 19.9. The van der Waals surface area contributed by atoms with Crippen molar-refractivity contribution < 1.29 is 32.2 Å². The molecule has 4 N–H and O–H groups in total. The number of carbonyl (C=O) groups excluding carboxylic acids is 1. The van der Waals surface area contributed by atoms with Crippen LogP contribution in [0, 0.1) is 0 Å². The van der Waals surface area contributed by atoms with E-state index in [-0.39, 0.29) is 42.9 Å². The Morgan fingerprint density at radius 3 is 2.88 bits per heavy atom. The van der Waals surface area contributed by atoms with Crippen LogP contribution in [0.3, 0.4) is 0 Å². The van der Waals surface area contributed by atoms with E-state index in [1.165, 1.54) is 17.6 Å². The molecule has 0 aliphatic carbocycles. The number of hydrogen-bond acceptors (Lipinski definition) is 8. The molecule has 5 rings (SSSR count). The van der Waals surface area contributed by atoms with Crippen LogP contribution in [0.5, 0.6) is 0 Å². The Bertz CT molecular complexity index is 1560. The van der Waals surface area contributed by atoms with Gasteiger partial charge in [0.05, 0.1) is 36.0 Å². The van der Waals surface area contributed by atoms with E-state index >= 15 is 0 Å². The van der Waals surface area contributed by atoms with Gasteiger partial charge in [-0.2, -0.15) is 13.2 Å². The first-order chi connectivity index (χ1) is 20.6. The van der Waals surface area contributed by atoms with Gasteiger partial charge in [-0.1, -0.05) is 11.8 Å². The first-order valence-electron chi connectivity index (χ1n) is 13.8. The van der Waals surface area contributed by atoms with Crippen LogP contribution in [-0.2, 0) is 17.8 Å². The van der Waals surface area contributed by atoms with Crippen molar-refractivity contribution in [1.82, 2.24) is 20.1 Å². The largest absolute Gasteiger partial charge is 0.440 e. The summed E-state index contributed by atoms with van der Waals surface area (Å²) in [6.07, 6.45) is -3.90. The van der Waals surface area contributed by atoms with Crippen LogP contribution in [0.1, 0.15) is 27.3 Å². The fourth-order valence-corrected chi connectivity index (χ4v) is 5.90. The molecule has 2 aromatic heterocycles. The van der Waals surface area contributed by atoms with Crippen molar-refractivity contribution in [2.45, 2.75) is 37.9 Å². The van der Waals surface area contributed by atoms with Gasteiger partial charge in [0.25, 0.3) is 5.91 Å². The predicted octanol–water partition coefficient (Wildman–Crippen LogP) is 4.11. The van der Waals surface area contributed by atoms with Crippen LogP contribution in [0.15, 0.2) is 52.7 Å². The van der Waals surface area contributed by atoms with Crippen molar-refractivity contribution in [3.05, 3.63) is 63.8 Å². The number of aliphatic imine (C=N–C) groups is 1. The number of hydrogen-bond donors (Lipinski definition) is 4. The monoisotopic (exact) mass is 620 g/mol. The number of nitrogens with one attached hydrogen (secondary N) is 3. The fourth-order valence-electron chi connectivity index (χ4n) is 5.07. The summed E-state index contributed by atoms with van der Waals surface area (Å²) in [5.74, 6) is -0.283. The van der Waals surface area contributed by atoms with E-state index in [0.29, 0.717) is 48.2 Å². The molecule has 1 saturated heterocycles. The molecule has 9 nitrogen and oxygen atoms in total. The lowest BCUT2D eigenvalue weighted by Crippen LogP contribution is -2.46. The third kappa shape index (κ3) is 7.64. The van der Waals surface area contributed by atoms with Gasteiger partial charge in [-0.05, 0) is 37.7 Å². The molecule has 2 aliphatic heterocycles. The Kier molecular flexibility index (Phi) is 9.52. The molecule has 43 heavy (non-hydrogen) atoms. The summed E-state index contributed by atoms with van der Waals surface area (Å²) < 4.78 is 62.5. The van der Waals surface area contributed by atoms with Gasteiger partial charge in [-0.25, -0.2) is 9.38 Å². The first kappa shape index (κ1) is 30.8. The van der Waals surface area contributed by atoms with Crippen molar-refractivity contribution in [1.29, 1.82) is 0 Å². The van der Waals surface area contributed by atoms with Crippen LogP contribution in [-0.4, -0.2) is 84.6 Å². The minimum Gasteiger partial charge on any atom is -0.440 e. The van der Waals surface area contributed by atoms with Crippen molar-refractivity contribution in [3.8, 4) is 0 Å². The Balaban J connectivity index is 1.37. The third-order valence-electron chi connectivity index (χ3n) is 7.14. The van der Waals surface area contributed by atoms with Crippen LogP contribution < -0.4 is 16.0 Å². The van der Waals surface area contributed by atoms with Gasteiger partial charge >= 0.3 is 6.18 Å². The summed E-state index contributed by atoms with van der Waals surface area (Å²) in [5, 5.41) is 20.1. The zero-order valence-corrected chi connectivity index (χ0v) is 24.2. The number of ether oxygens (including phenoxy) is 1. The summed E-state index contributed by atoms with van der Waals surface area (Å²) in [6, 6.07) is 7.80. The van der Waals surface area contributed by atoms with Crippen molar-refractivity contribution in [3.63, 3.8) is 0 Å². The molecule has 1 fully saturated rings. The van der Waals surface area contributed by atoms with Crippen LogP contribution in [0.4, 0.5) is 23.2 Å². The number of likely N-dealkylation sites (tertiary alicyclic amines) is 1. The summed E-state index contributed by atoms with van der Waals surface area (Å²) in [7, 11) is 1.85. The highest BCUT2D eigenvalue weighted by Gasteiger charge is 2.32. The number of anilines is 1. The third-order valence-corrected chi connectivity index (χ3v) is 8.08. The number of rotatable bonds is 11. The first-order valence-corrected chi connectivity index (χ1v) is 14.6. The number of thiophene rings is 1. The molecule has 0 spiro atoms. The average molecular weight is 621 g/mol. The molecule has 2 aliphatic rings. The average Bonchev–Trinajstić information content (AvgIpc) is 3.58. The zero-order valence-electron chi connectivity index (χ0n) is 23.4. The minimum absolute atomic E-state index is 0.0127. The fraction of sp³-hybridized carbons (Fsp3) is 0.414. The van der Waals surface area contributed by atoms with E-state index in [0.717, 1.165) is 9.44 Å². The lowest BCUT2D eigenvalue weighted by molar-refractivity contribution is -0.140. The van der Waals surface area contributed by atoms with E-state index in [1.54, 1.807) is 35.7 Å². The van der Waals surface area contributed by atoms with E-state index in [2.05, 4.69) is 26.7 Å². The Hall–Kier alpha value is -3.68. The molecule has 1 amide bonds. The number of aliphatic hydroxyl groups excluding tert-OH is 1. The molecule has 4 heterocycles. The molecule has 1 aromatic carbocycles. The molecule has 0 bridgehead atoms. The molecule has 0 radical (unpaired) electrons. The van der Waals surface area contributed by atoms with Gasteiger partial charge in [-0.3, -0.25) is 4.79 Å². The summed E-state index contributed by atoms with van der Waals surface area (Å²) >= 11 is 1.40. The number of halogens is 4. The maximum atomic E-state index is 14.8. The molecule has 0 unspecified atom stereocenters. The SMILES string of the molecule is CN1CC[C@@H](Nc2cccc3c2cc(C2=C=COC(CNC(=O)c4csc(CNCCO)c4)=N2)n3CC(F)(F)F)[C@@H](F)C1. The quantitative estimate of drug-likeness (QED) is 0.146. The van der Waals surface area contributed by atoms with Crippen molar-refractivity contribution >= 4 is 45.4 Å². The number of aliphatic hydroxyl groups is 1. The molecule has 14 heteroatoms. The number of amides is 1. The second-order valence-electron chi connectivity index (χ2n) is 10.4. The summed E-state index contributed by atoms with van der Waals surface area (Å²) in [5.41, 5.74) is 4.34. The topological polar surface area (TPSA) is 103 Å². The standard InChI is InChI=1S/C29H32F4N6O3S/c1-38-8-5-23(21(30)15-38)36-22-3-2-4-25-20(22)12-26(39(25)17-29(31,32)33)24-6-10-42-27(37-24)14-35-28(41)18-11-19(43-16-18)13-34-7-9-40/h2-4,10-12,16,21,23,34,36,40H,5,7-9,13-15,17H2,1H3,(H,35,41)/t21-,23+/m0/s1. The van der Waals surface area contributed by atoms with Gasteiger partial charge in [-0.15, -0.1) is 11.3 Å². The van der Waals surface area contributed by atoms with Gasteiger partial charge in [0.1, 0.15) is 24.7 Å². The zero-order chi connectivity index (χ0) is 30.6. The second kappa shape index (κ2) is 13.3. The van der Waals surface area contributed by atoms with E-state index in [4.69, 9.17) is 9.84 Å². The maximum Gasteiger partial charge on any atom is 0.406 e. The highest BCUT2D eigenvalue weighted by Crippen LogP contribution is 2.35. The number of benzene rings is 1. The van der Waals surface area contributed by atoms with Crippen LogP contribution in [0.2, 0.25) is 0 Å².